The number of nitrogens with one attached hydrogen (secondary N) is 1. The van der Waals surface area contributed by atoms with Crippen LogP contribution in [0, 0.1) is 23.2 Å². The molecule has 4 saturated carbocycles. The zero-order valence-electron chi connectivity index (χ0n) is 23.7. The molecule has 4 fully saturated rings. The van der Waals surface area contributed by atoms with Crippen LogP contribution in [-0.4, -0.2) is 52.8 Å². The maximum Gasteiger partial charge on any atom is 0.328 e. The number of nitrogens with zero attached hydrogens (tertiary/aromatic N) is 1. The number of rotatable bonds is 6. The smallest absolute Gasteiger partial charge is 0.328 e. The minimum Gasteiger partial charge on any atom is -0.467 e. The zero-order valence-corrected chi connectivity index (χ0v) is 24.4. The number of ether oxygens (including phenoxy) is 2. The highest BCUT2D eigenvalue weighted by Crippen LogP contribution is 2.61. The lowest BCUT2D eigenvalue weighted by Gasteiger charge is -2.58. The number of carbonyl (C=O) groups is 3. The number of halogens is 1. The Morgan fingerprint density at radius 3 is 2.29 bits per heavy atom. The minimum absolute atomic E-state index is 0.148. The Hall–Kier alpha value is -3.36. The summed E-state index contributed by atoms with van der Waals surface area (Å²) in [5.41, 5.74) is 9.95. The van der Waals surface area contributed by atoms with Crippen LogP contribution < -0.4 is 10.5 Å². The van der Waals surface area contributed by atoms with E-state index in [-0.39, 0.29) is 23.2 Å². The van der Waals surface area contributed by atoms with Crippen LogP contribution in [0.25, 0.3) is 10.9 Å². The number of benzene rings is 2. The standard InChI is InChI=1S/C33H36ClN3O5/c1-41-31(39)26-13-24-23-4-2-3-5-25(23)36-28(24)29(37(26)27(38)17-34)21-6-8-22(9-7-21)42-32(40)30(35)33-14-18-10-19(15-33)12-20(11-18)16-33/h2-9,18-20,26,29-30,36H,10-17,35H2,1H3/t18?,19?,20?,26-,29+,30-,33?/m1/s1. The summed E-state index contributed by atoms with van der Waals surface area (Å²) in [5, 5.41) is 0.994. The molecule has 8 rings (SSSR count). The lowest BCUT2D eigenvalue weighted by atomic mass is 9.48. The van der Waals surface area contributed by atoms with E-state index in [1.165, 1.54) is 31.3 Å². The summed E-state index contributed by atoms with van der Waals surface area (Å²) in [7, 11) is 1.32. The molecule has 1 aliphatic heterocycles. The van der Waals surface area contributed by atoms with Gasteiger partial charge in [-0.3, -0.25) is 4.79 Å². The number of fused-ring (bicyclic) bond motifs is 3. The molecule has 1 aromatic heterocycles. The van der Waals surface area contributed by atoms with E-state index in [0.717, 1.165) is 47.0 Å². The van der Waals surface area contributed by atoms with Gasteiger partial charge >= 0.3 is 11.9 Å². The molecule has 0 saturated heterocycles. The molecule has 0 spiro atoms. The number of hydrogen-bond donors (Lipinski definition) is 2. The molecule has 5 aliphatic rings. The van der Waals surface area contributed by atoms with E-state index in [2.05, 4.69) is 4.98 Å². The average molecular weight is 590 g/mol. The van der Waals surface area contributed by atoms with Gasteiger partial charge in [-0.15, -0.1) is 11.6 Å². The summed E-state index contributed by atoms with van der Waals surface area (Å²) >= 11 is 6.06. The van der Waals surface area contributed by atoms with Crippen molar-refractivity contribution in [2.75, 3.05) is 13.0 Å². The molecule has 220 valence electrons. The van der Waals surface area contributed by atoms with E-state index < -0.39 is 24.1 Å². The Balaban J connectivity index is 1.19. The van der Waals surface area contributed by atoms with Gasteiger partial charge in [0.25, 0.3) is 0 Å². The second-order valence-electron chi connectivity index (χ2n) is 12.9. The van der Waals surface area contributed by atoms with E-state index in [1.54, 1.807) is 12.1 Å². The summed E-state index contributed by atoms with van der Waals surface area (Å²) in [6.45, 7) is 0. The van der Waals surface area contributed by atoms with E-state index in [9.17, 15) is 14.4 Å². The summed E-state index contributed by atoms with van der Waals surface area (Å²) in [6.07, 6.45) is 7.21. The van der Waals surface area contributed by atoms with Crippen molar-refractivity contribution >= 4 is 40.3 Å². The number of nitrogens with two attached hydrogens (primary N) is 1. The number of para-hydroxylation sites is 1. The molecule has 42 heavy (non-hydrogen) atoms. The van der Waals surface area contributed by atoms with E-state index >= 15 is 0 Å². The number of esters is 2. The predicted octanol–water partition coefficient (Wildman–Crippen LogP) is 4.87. The summed E-state index contributed by atoms with van der Waals surface area (Å²) < 4.78 is 11.0. The van der Waals surface area contributed by atoms with Crippen molar-refractivity contribution in [3.8, 4) is 5.75 Å². The largest absolute Gasteiger partial charge is 0.467 e. The summed E-state index contributed by atoms with van der Waals surface area (Å²) in [6, 6.07) is 12.9. The number of alkyl halides is 1. The van der Waals surface area contributed by atoms with Gasteiger partial charge in [-0.2, -0.15) is 0 Å². The molecule has 8 nitrogen and oxygen atoms in total. The van der Waals surface area contributed by atoms with Gasteiger partial charge in [-0.05, 0) is 91.0 Å². The molecule has 3 atom stereocenters. The maximum atomic E-state index is 13.3. The zero-order chi connectivity index (χ0) is 29.2. The van der Waals surface area contributed by atoms with Gasteiger partial charge in [0.1, 0.15) is 23.7 Å². The molecular weight excluding hydrogens is 554 g/mol. The first-order valence-corrected chi connectivity index (χ1v) is 15.5. The Bertz CT molecular complexity index is 1510. The van der Waals surface area contributed by atoms with Crippen molar-refractivity contribution in [1.82, 2.24) is 9.88 Å². The molecule has 3 aromatic rings. The SMILES string of the molecule is COC(=O)[C@H]1Cc2c([nH]c3ccccc23)[C@H](c2ccc(OC(=O)[C@@H](N)C34CC5CC(CC(C5)C3)C4)cc2)N1C(=O)CCl. The van der Waals surface area contributed by atoms with Crippen LogP contribution in [0.5, 0.6) is 5.75 Å². The summed E-state index contributed by atoms with van der Waals surface area (Å²) in [4.78, 5) is 44.6. The molecule has 3 N–H and O–H groups in total. The fourth-order valence-electron chi connectivity index (χ4n) is 9.04. The van der Waals surface area contributed by atoms with Gasteiger partial charge < -0.3 is 25.1 Å². The molecule has 2 heterocycles. The fraction of sp³-hybridized carbons (Fsp3) is 0.485. The van der Waals surface area contributed by atoms with Crippen molar-refractivity contribution < 1.29 is 23.9 Å². The van der Waals surface area contributed by atoms with Crippen molar-refractivity contribution in [1.29, 1.82) is 0 Å². The number of aromatic amines is 1. The minimum atomic E-state index is -0.839. The number of hydrogen-bond acceptors (Lipinski definition) is 6. The van der Waals surface area contributed by atoms with Crippen LogP contribution in [0.2, 0.25) is 0 Å². The molecule has 9 heteroatoms. The number of amides is 1. The van der Waals surface area contributed by atoms with Gasteiger partial charge in [0.05, 0.1) is 13.2 Å². The first-order valence-electron chi connectivity index (χ1n) is 14.9. The number of H-pyrrole nitrogens is 1. The molecule has 2 aromatic carbocycles. The fourth-order valence-corrected chi connectivity index (χ4v) is 9.18. The van der Waals surface area contributed by atoms with Gasteiger partial charge in [-0.25, -0.2) is 9.59 Å². The lowest BCUT2D eigenvalue weighted by Crippen LogP contribution is -2.58. The number of carbonyl (C=O) groups excluding carboxylic acids is 3. The van der Waals surface area contributed by atoms with Gasteiger partial charge in [0.2, 0.25) is 5.91 Å². The molecule has 1 amide bonds. The molecule has 0 unspecified atom stereocenters. The second-order valence-corrected chi connectivity index (χ2v) is 13.2. The first kappa shape index (κ1) is 27.5. The maximum absolute atomic E-state index is 13.3. The van der Waals surface area contributed by atoms with E-state index in [1.807, 2.05) is 36.4 Å². The highest BCUT2D eigenvalue weighted by molar-refractivity contribution is 6.27. The highest BCUT2D eigenvalue weighted by Gasteiger charge is 2.55. The van der Waals surface area contributed by atoms with Crippen LogP contribution in [0.1, 0.15) is 61.4 Å². The van der Waals surface area contributed by atoms with Crippen LogP contribution in [-0.2, 0) is 25.5 Å². The van der Waals surface area contributed by atoms with Crippen molar-refractivity contribution in [3.05, 3.63) is 65.4 Å². The Morgan fingerprint density at radius 1 is 1.02 bits per heavy atom. The monoisotopic (exact) mass is 589 g/mol. The molecule has 4 aliphatic carbocycles. The van der Waals surface area contributed by atoms with Crippen molar-refractivity contribution in [2.24, 2.45) is 28.9 Å². The third-order valence-corrected chi connectivity index (χ3v) is 10.6. The van der Waals surface area contributed by atoms with Crippen molar-refractivity contribution in [3.63, 3.8) is 0 Å². The third kappa shape index (κ3) is 4.42. The molecule has 0 radical (unpaired) electrons. The van der Waals surface area contributed by atoms with Crippen LogP contribution >= 0.6 is 11.6 Å². The van der Waals surface area contributed by atoms with Gasteiger partial charge in [0.15, 0.2) is 0 Å². The number of methoxy groups -OCH3 is 1. The first-order chi connectivity index (χ1) is 20.3. The Morgan fingerprint density at radius 2 is 1.67 bits per heavy atom. The summed E-state index contributed by atoms with van der Waals surface area (Å²) in [5.74, 6) is 0.918. The predicted molar refractivity (Wildman–Crippen MR) is 158 cm³/mol. The van der Waals surface area contributed by atoms with Crippen LogP contribution in [0.4, 0.5) is 0 Å². The van der Waals surface area contributed by atoms with Crippen LogP contribution in [0.3, 0.4) is 0 Å². The number of aromatic nitrogens is 1. The molecular formula is C33H36ClN3O5. The normalized spacial score (nSPS) is 30.2. The average Bonchev–Trinajstić information content (AvgIpc) is 3.37. The second kappa shape index (κ2) is 10.4. The topological polar surface area (TPSA) is 115 Å². The van der Waals surface area contributed by atoms with E-state index in [0.29, 0.717) is 29.9 Å². The van der Waals surface area contributed by atoms with Crippen molar-refractivity contribution in [2.45, 2.75) is 63.1 Å². The highest BCUT2D eigenvalue weighted by atomic mass is 35.5. The van der Waals surface area contributed by atoms with Gasteiger partial charge in [0, 0.05) is 23.0 Å². The third-order valence-electron chi connectivity index (χ3n) is 10.4. The molecule has 4 bridgehead atoms. The quantitative estimate of drug-likeness (QED) is 0.241. The van der Waals surface area contributed by atoms with E-state index in [4.69, 9.17) is 26.8 Å². The Labute approximate surface area is 249 Å². The Kier molecular flexibility index (Phi) is 6.82. The lowest BCUT2D eigenvalue weighted by molar-refractivity contribution is -0.154. The van der Waals surface area contributed by atoms with Gasteiger partial charge in [-0.1, -0.05) is 30.3 Å². The van der Waals surface area contributed by atoms with Crippen LogP contribution in [0.15, 0.2) is 48.5 Å².